The number of anilines is 1. The molecule has 1 fully saturated rings. The summed E-state index contributed by atoms with van der Waals surface area (Å²) in [6.07, 6.45) is 1.05. The molecule has 1 N–H and O–H groups in total. The molecular weight excluding hydrogens is 256 g/mol. The third kappa shape index (κ3) is 3.36. The fraction of sp³-hybridized carbons (Fsp3) is 0.467. The zero-order chi connectivity index (χ0) is 14.7. The van der Waals surface area contributed by atoms with Gasteiger partial charge < -0.3 is 14.9 Å². The number of rotatable bonds is 5. The van der Waals surface area contributed by atoms with Crippen LogP contribution in [0.4, 0.5) is 5.69 Å². The number of likely N-dealkylation sites (N-methyl/N-ethyl adjacent to an activating group) is 1. The van der Waals surface area contributed by atoms with Gasteiger partial charge in [0.15, 0.2) is 0 Å². The normalized spacial score (nSPS) is 18.9. The van der Waals surface area contributed by atoms with Crippen molar-refractivity contribution in [1.29, 1.82) is 0 Å². The summed E-state index contributed by atoms with van der Waals surface area (Å²) >= 11 is 0. The third-order valence-corrected chi connectivity index (χ3v) is 3.57. The van der Waals surface area contributed by atoms with Gasteiger partial charge in [0.2, 0.25) is 5.91 Å². The molecule has 1 amide bonds. The monoisotopic (exact) mass is 276 g/mol. The molecule has 1 aromatic rings. The molecule has 0 aromatic heterocycles. The second-order valence-electron chi connectivity index (χ2n) is 5.46. The number of hydrogen-bond donors (Lipinski definition) is 1. The van der Waals surface area contributed by atoms with Gasteiger partial charge >= 0.3 is 5.97 Å². The number of hydrogen-bond acceptors (Lipinski definition) is 3. The minimum absolute atomic E-state index is 0.0950. The number of amides is 1. The number of carbonyl (C=O) groups is 2. The van der Waals surface area contributed by atoms with E-state index in [4.69, 9.17) is 5.11 Å². The topological polar surface area (TPSA) is 60.9 Å². The predicted octanol–water partition coefficient (Wildman–Crippen LogP) is 1.23. The van der Waals surface area contributed by atoms with Crippen molar-refractivity contribution in [2.24, 2.45) is 5.92 Å². The Morgan fingerprint density at radius 1 is 1.35 bits per heavy atom. The van der Waals surface area contributed by atoms with Crippen LogP contribution in [0.5, 0.6) is 0 Å². The Morgan fingerprint density at radius 3 is 2.50 bits per heavy atom. The molecule has 1 heterocycles. The van der Waals surface area contributed by atoms with Crippen LogP contribution in [0.1, 0.15) is 12.0 Å². The molecule has 1 unspecified atom stereocenters. The molecule has 5 nitrogen and oxygen atoms in total. The summed E-state index contributed by atoms with van der Waals surface area (Å²) in [5, 5.41) is 8.98. The second-order valence-corrected chi connectivity index (χ2v) is 5.46. The lowest BCUT2D eigenvalue weighted by Crippen LogP contribution is -2.25. The van der Waals surface area contributed by atoms with Crippen molar-refractivity contribution < 1.29 is 14.7 Å². The van der Waals surface area contributed by atoms with E-state index in [1.165, 1.54) is 5.56 Å². The first-order valence-corrected chi connectivity index (χ1v) is 6.74. The van der Waals surface area contributed by atoms with Crippen molar-refractivity contribution in [2.75, 3.05) is 32.1 Å². The molecule has 0 radical (unpaired) electrons. The van der Waals surface area contributed by atoms with E-state index in [9.17, 15) is 9.59 Å². The summed E-state index contributed by atoms with van der Waals surface area (Å²) in [5.41, 5.74) is 2.00. The average molecular weight is 276 g/mol. The highest BCUT2D eigenvalue weighted by Gasteiger charge is 2.34. The minimum Gasteiger partial charge on any atom is -0.481 e. The Hall–Kier alpha value is -1.88. The lowest BCUT2D eigenvalue weighted by molar-refractivity contribution is -0.141. The van der Waals surface area contributed by atoms with Crippen molar-refractivity contribution in [3.05, 3.63) is 29.8 Å². The number of carbonyl (C=O) groups excluding carboxylic acids is 1. The van der Waals surface area contributed by atoms with E-state index >= 15 is 0 Å². The van der Waals surface area contributed by atoms with E-state index in [1.54, 1.807) is 4.90 Å². The summed E-state index contributed by atoms with van der Waals surface area (Å²) in [6, 6.07) is 7.79. The fourth-order valence-electron chi connectivity index (χ4n) is 2.32. The smallest absolute Gasteiger partial charge is 0.308 e. The number of carboxylic acids is 1. The van der Waals surface area contributed by atoms with Gasteiger partial charge in [0, 0.05) is 25.2 Å². The van der Waals surface area contributed by atoms with Gasteiger partial charge in [-0.3, -0.25) is 9.59 Å². The summed E-state index contributed by atoms with van der Waals surface area (Å²) in [4.78, 5) is 26.5. The highest BCUT2D eigenvalue weighted by molar-refractivity contribution is 5.99. The van der Waals surface area contributed by atoms with Crippen LogP contribution in [0.2, 0.25) is 0 Å². The maximum Gasteiger partial charge on any atom is 0.308 e. The van der Waals surface area contributed by atoms with Crippen LogP contribution in [-0.2, 0) is 16.0 Å². The van der Waals surface area contributed by atoms with Gasteiger partial charge in [0.05, 0.1) is 5.92 Å². The molecule has 1 aliphatic heterocycles. The zero-order valence-corrected chi connectivity index (χ0v) is 11.9. The Bertz CT molecular complexity index is 496. The van der Waals surface area contributed by atoms with Gasteiger partial charge in [-0.2, -0.15) is 0 Å². The molecule has 0 saturated carbocycles. The molecule has 0 bridgehead atoms. The van der Waals surface area contributed by atoms with Crippen LogP contribution in [0.3, 0.4) is 0 Å². The van der Waals surface area contributed by atoms with Crippen molar-refractivity contribution in [1.82, 2.24) is 4.90 Å². The van der Waals surface area contributed by atoms with Crippen LogP contribution >= 0.6 is 0 Å². The Labute approximate surface area is 118 Å². The van der Waals surface area contributed by atoms with Gasteiger partial charge in [-0.15, -0.1) is 0 Å². The quantitative estimate of drug-likeness (QED) is 0.878. The summed E-state index contributed by atoms with van der Waals surface area (Å²) < 4.78 is 0. The van der Waals surface area contributed by atoms with Gasteiger partial charge in [0.1, 0.15) is 0 Å². The first-order valence-electron chi connectivity index (χ1n) is 6.74. The largest absolute Gasteiger partial charge is 0.481 e. The maximum absolute atomic E-state index is 11.8. The van der Waals surface area contributed by atoms with Crippen LogP contribution in [0, 0.1) is 5.92 Å². The fourth-order valence-corrected chi connectivity index (χ4v) is 2.32. The molecule has 1 saturated heterocycles. The molecular formula is C15H20N2O3. The molecule has 2 rings (SSSR count). The van der Waals surface area contributed by atoms with E-state index in [0.717, 1.165) is 18.7 Å². The SMILES string of the molecule is CN(C)CCc1ccc(N2CC(C(=O)O)CC2=O)cc1. The van der Waals surface area contributed by atoms with Crippen molar-refractivity contribution in [3.63, 3.8) is 0 Å². The Kier molecular flexibility index (Phi) is 4.39. The van der Waals surface area contributed by atoms with E-state index in [2.05, 4.69) is 4.90 Å². The molecule has 5 heteroatoms. The first kappa shape index (κ1) is 14.5. The zero-order valence-electron chi connectivity index (χ0n) is 11.9. The lowest BCUT2D eigenvalue weighted by atomic mass is 10.1. The molecule has 0 aliphatic carbocycles. The maximum atomic E-state index is 11.8. The van der Waals surface area contributed by atoms with Gasteiger partial charge in [-0.05, 0) is 38.2 Å². The Morgan fingerprint density at radius 2 is 2.00 bits per heavy atom. The minimum atomic E-state index is -0.900. The summed E-state index contributed by atoms with van der Waals surface area (Å²) in [7, 11) is 4.06. The van der Waals surface area contributed by atoms with Crippen LogP contribution in [-0.4, -0.2) is 49.1 Å². The van der Waals surface area contributed by atoms with E-state index in [-0.39, 0.29) is 18.9 Å². The van der Waals surface area contributed by atoms with E-state index in [1.807, 2.05) is 38.4 Å². The van der Waals surface area contributed by atoms with Crippen molar-refractivity contribution >= 4 is 17.6 Å². The second kappa shape index (κ2) is 6.05. The number of carboxylic acid groups (broad SMARTS) is 1. The highest BCUT2D eigenvalue weighted by Crippen LogP contribution is 2.25. The number of nitrogens with zero attached hydrogens (tertiary/aromatic N) is 2. The molecule has 1 aliphatic rings. The van der Waals surface area contributed by atoms with Crippen LogP contribution in [0.15, 0.2) is 24.3 Å². The standard InChI is InChI=1S/C15H20N2O3/c1-16(2)8-7-11-3-5-13(6-4-11)17-10-12(15(19)20)9-14(17)18/h3-6,12H,7-10H2,1-2H3,(H,19,20). The van der Waals surface area contributed by atoms with Crippen molar-refractivity contribution in [3.8, 4) is 0 Å². The Balaban J connectivity index is 2.03. The predicted molar refractivity (Wildman–Crippen MR) is 76.8 cm³/mol. The van der Waals surface area contributed by atoms with Gasteiger partial charge in [-0.25, -0.2) is 0 Å². The third-order valence-electron chi connectivity index (χ3n) is 3.57. The van der Waals surface area contributed by atoms with Gasteiger partial charge in [0.25, 0.3) is 0 Å². The summed E-state index contributed by atoms with van der Waals surface area (Å²) in [5.74, 6) is -1.60. The van der Waals surface area contributed by atoms with Crippen LogP contribution < -0.4 is 4.90 Å². The first-order chi connectivity index (χ1) is 9.47. The summed E-state index contributed by atoms with van der Waals surface area (Å²) in [6.45, 7) is 1.24. The van der Waals surface area contributed by atoms with E-state index < -0.39 is 11.9 Å². The average Bonchev–Trinajstić information content (AvgIpc) is 2.79. The molecule has 1 aromatic carbocycles. The molecule has 20 heavy (non-hydrogen) atoms. The van der Waals surface area contributed by atoms with Gasteiger partial charge in [-0.1, -0.05) is 12.1 Å². The lowest BCUT2D eigenvalue weighted by Gasteiger charge is -2.17. The highest BCUT2D eigenvalue weighted by atomic mass is 16.4. The molecule has 108 valence electrons. The molecule has 1 atom stereocenters. The number of aliphatic carboxylic acids is 1. The van der Waals surface area contributed by atoms with Crippen LogP contribution in [0.25, 0.3) is 0 Å². The molecule has 0 spiro atoms. The van der Waals surface area contributed by atoms with Crippen molar-refractivity contribution in [2.45, 2.75) is 12.8 Å². The van der Waals surface area contributed by atoms with E-state index in [0.29, 0.717) is 0 Å². The number of benzene rings is 1.